The van der Waals surface area contributed by atoms with Crippen LogP contribution in [0.3, 0.4) is 0 Å². The van der Waals surface area contributed by atoms with E-state index in [1.165, 1.54) is 30.5 Å². The maximum absolute atomic E-state index is 4.48. The van der Waals surface area contributed by atoms with Crippen molar-refractivity contribution in [2.75, 3.05) is 11.9 Å². The van der Waals surface area contributed by atoms with E-state index in [2.05, 4.69) is 38.8 Å². The van der Waals surface area contributed by atoms with Gasteiger partial charge in [0.25, 0.3) is 0 Å². The summed E-state index contributed by atoms with van der Waals surface area (Å²) in [4.78, 5) is 7.05. The quantitative estimate of drug-likeness (QED) is 0.772. The summed E-state index contributed by atoms with van der Waals surface area (Å²) in [6.07, 6.45) is 6.01. The largest absolute Gasteiger partial charge is 0.294 e. The summed E-state index contributed by atoms with van der Waals surface area (Å²) in [5.41, 5.74) is 2.54. The van der Waals surface area contributed by atoms with Crippen LogP contribution in [0.15, 0.2) is 18.3 Å². The number of aryl methyl sites for hydroxylation is 1. The van der Waals surface area contributed by atoms with Crippen molar-refractivity contribution < 1.29 is 0 Å². The van der Waals surface area contributed by atoms with Gasteiger partial charge in [-0.3, -0.25) is 9.88 Å². The van der Waals surface area contributed by atoms with Crippen LogP contribution in [-0.4, -0.2) is 27.8 Å². The first kappa shape index (κ1) is 12.1. The van der Waals surface area contributed by atoms with Crippen molar-refractivity contribution in [1.82, 2.24) is 9.88 Å². The Morgan fingerprint density at radius 3 is 2.88 bits per heavy atom. The standard InChI is InChI=1S/C13H19BrN2/c1-11-4-3-8-15-13(11)10-16(9-7-14)12-5-2-6-12/h3-4,8,12H,2,5-7,9-10H2,1H3. The highest BCUT2D eigenvalue weighted by molar-refractivity contribution is 9.09. The van der Waals surface area contributed by atoms with E-state index in [1.807, 2.05) is 12.3 Å². The lowest BCUT2D eigenvalue weighted by molar-refractivity contribution is 0.126. The third-order valence-electron chi connectivity index (χ3n) is 3.43. The molecule has 1 aliphatic rings. The molecule has 0 aliphatic heterocycles. The Labute approximate surface area is 106 Å². The summed E-state index contributed by atoms with van der Waals surface area (Å²) in [7, 11) is 0. The minimum Gasteiger partial charge on any atom is -0.294 e. The summed E-state index contributed by atoms with van der Waals surface area (Å²) in [5, 5.41) is 1.05. The van der Waals surface area contributed by atoms with Crippen molar-refractivity contribution in [1.29, 1.82) is 0 Å². The zero-order valence-corrected chi connectivity index (χ0v) is 11.4. The van der Waals surface area contributed by atoms with E-state index < -0.39 is 0 Å². The fourth-order valence-corrected chi connectivity index (χ4v) is 2.58. The van der Waals surface area contributed by atoms with Crippen molar-refractivity contribution in [3.8, 4) is 0 Å². The van der Waals surface area contributed by atoms with Crippen LogP contribution in [-0.2, 0) is 6.54 Å². The predicted octanol–water partition coefficient (Wildman–Crippen LogP) is 3.14. The second-order valence-electron chi connectivity index (χ2n) is 4.51. The van der Waals surface area contributed by atoms with Crippen molar-refractivity contribution >= 4 is 15.9 Å². The zero-order valence-electron chi connectivity index (χ0n) is 9.82. The Hall–Kier alpha value is -0.410. The lowest BCUT2D eigenvalue weighted by atomic mass is 9.91. The predicted molar refractivity (Wildman–Crippen MR) is 70.8 cm³/mol. The van der Waals surface area contributed by atoms with Crippen LogP contribution in [0, 0.1) is 6.92 Å². The molecule has 0 N–H and O–H groups in total. The molecule has 0 atom stereocenters. The van der Waals surface area contributed by atoms with Gasteiger partial charge < -0.3 is 0 Å². The second-order valence-corrected chi connectivity index (χ2v) is 5.30. The molecule has 0 unspecified atom stereocenters. The van der Waals surface area contributed by atoms with E-state index in [0.717, 1.165) is 24.5 Å². The molecular formula is C13H19BrN2. The van der Waals surface area contributed by atoms with Gasteiger partial charge in [0.2, 0.25) is 0 Å². The summed E-state index contributed by atoms with van der Waals surface area (Å²) in [6.45, 7) is 4.28. The van der Waals surface area contributed by atoms with Gasteiger partial charge in [0, 0.05) is 30.7 Å². The van der Waals surface area contributed by atoms with Crippen LogP contribution < -0.4 is 0 Å². The molecule has 2 nitrogen and oxygen atoms in total. The third-order valence-corrected chi connectivity index (χ3v) is 3.79. The number of aromatic nitrogens is 1. The van der Waals surface area contributed by atoms with Crippen molar-refractivity contribution in [3.05, 3.63) is 29.6 Å². The average molecular weight is 283 g/mol. The van der Waals surface area contributed by atoms with Crippen LogP contribution in [0.2, 0.25) is 0 Å². The van der Waals surface area contributed by atoms with Crippen LogP contribution >= 0.6 is 15.9 Å². The number of nitrogens with zero attached hydrogens (tertiary/aromatic N) is 2. The minimum atomic E-state index is 0.791. The van der Waals surface area contributed by atoms with Crippen LogP contribution in [0.25, 0.3) is 0 Å². The Kier molecular flexibility index (Phi) is 4.36. The zero-order chi connectivity index (χ0) is 11.4. The topological polar surface area (TPSA) is 16.1 Å². The van der Waals surface area contributed by atoms with Gasteiger partial charge in [0.15, 0.2) is 0 Å². The minimum absolute atomic E-state index is 0.791. The molecule has 88 valence electrons. The van der Waals surface area contributed by atoms with E-state index in [-0.39, 0.29) is 0 Å². The molecule has 1 heterocycles. The van der Waals surface area contributed by atoms with Crippen molar-refractivity contribution in [2.45, 2.75) is 38.8 Å². The molecule has 0 amide bonds. The smallest absolute Gasteiger partial charge is 0.0573 e. The molecule has 0 bridgehead atoms. The Morgan fingerprint density at radius 1 is 1.50 bits per heavy atom. The molecular weight excluding hydrogens is 264 g/mol. The summed E-state index contributed by atoms with van der Waals surface area (Å²) >= 11 is 3.54. The molecule has 0 spiro atoms. The number of alkyl halides is 1. The SMILES string of the molecule is Cc1cccnc1CN(CCBr)C1CCC1. The number of hydrogen-bond acceptors (Lipinski definition) is 2. The maximum atomic E-state index is 4.48. The highest BCUT2D eigenvalue weighted by atomic mass is 79.9. The van der Waals surface area contributed by atoms with Crippen molar-refractivity contribution in [3.63, 3.8) is 0 Å². The lowest BCUT2D eigenvalue weighted by Crippen LogP contribution is -2.41. The number of pyridine rings is 1. The number of rotatable bonds is 5. The summed E-state index contributed by atoms with van der Waals surface area (Å²) in [5.74, 6) is 0. The van der Waals surface area contributed by atoms with E-state index in [0.29, 0.717) is 0 Å². The fourth-order valence-electron chi connectivity index (χ4n) is 2.13. The normalized spacial score (nSPS) is 16.4. The number of halogens is 1. The molecule has 3 heteroatoms. The van der Waals surface area contributed by atoms with Crippen LogP contribution in [0.5, 0.6) is 0 Å². The first-order valence-electron chi connectivity index (χ1n) is 6.02. The highest BCUT2D eigenvalue weighted by Crippen LogP contribution is 2.26. The second kappa shape index (κ2) is 5.78. The Bertz CT molecular complexity index is 336. The first-order chi connectivity index (χ1) is 7.81. The van der Waals surface area contributed by atoms with Gasteiger partial charge in [0.05, 0.1) is 5.69 Å². The van der Waals surface area contributed by atoms with E-state index in [9.17, 15) is 0 Å². The molecule has 1 fully saturated rings. The molecule has 0 aromatic carbocycles. The fraction of sp³-hybridized carbons (Fsp3) is 0.615. The van der Waals surface area contributed by atoms with Crippen molar-refractivity contribution in [2.24, 2.45) is 0 Å². The average Bonchev–Trinajstić information content (AvgIpc) is 2.19. The van der Waals surface area contributed by atoms with Gasteiger partial charge in [-0.05, 0) is 31.4 Å². The van der Waals surface area contributed by atoms with Gasteiger partial charge >= 0.3 is 0 Å². The molecule has 0 radical (unpaired) electrons. The van der Waals surface area contributed by atoms with Gasteiger partial charge in [-0.1, -0.05) is 28.4 Å². The summed E-state index contributed by atoms with van der Waals surface area (Å²) < 4.78 is 0. The van der Waals surface area contributed by atoms with Gasteiger partial charge in [-0.15, -0.1) is 0 Å². The molecule has 2 rings (SSSR count). The third kappa shape index (κ3) is 2.83. The Balaban J connectivity index is 2.01. The summed E-state index contributed by atoms with van der Waals surface area (Å²) in [6, 6.07) is 4.95. The van der Waals surface area contributed by atoms with Gasteiger partial charge in [-0.2, -0.15) is 0 Å². The van der Waals surface area contributed by atoms with Crippen LogP contribution in [0.4, 0.5) is 0 Å². The highest BCUT2D eigenvalue weighted by Gasteiger charge is 2.24. The number of hydrogen-bond donors (Lipinski definition) is 0. The van der Waals surface area contributed by atoms with Gasteiger partial charge in [-0.25, -0.2) is 0 Å². The van der Waals surface area contributed by atoms with E-state index in [4.69, 9.17) is 0 Å². The first-order valence-corrected chi connectivity index (χ1v) is 7.14. The molecule has 1 aromatic heterocycles. The van der Waals surface area contributed by atoms with E-state index >= 15 is 0 Å². The molecule has 16 heavy (non-hydrogen) atoms. The molecule has 1 saturated carbocycles. The lowest BCUT2D eigenvalue weighted by Gasteiger charge is -2.37. The van der Waals surface area contributed by atoms with Crippen LogP contribution in [0.1, 0.15) is 30.5 Å². The Morgan fingerprint density at radius 2 is 2.31 bits per heavy atom. The van der Waals surface area contributed by atoms with E-state index in [1.54, 1.807) is 0 Å². The molecule has 1 aromatic rings. The monoisotopic (exact) mass is 282 g/mol. The molecule has 1 aliphatic carbocycles. The van der Waals surface area contributed by atoms with Gasteiger partial charge in [0.1, 0.15) is 0 Å². The molecule has 0 saturated heterocycles. The maximum Gasteiger partial charge on any atom is 0.0573 e.